The van der Waals surface area contributed by atoms with Crippen LogP contribution in [0.25, 0.3) is 0 Å². The maximum atomic E-state index is 12.1. The highest BCUT2D eigenvalue weighted by Gasteiger charge is 2.41. The van der Waals surface area contributed by atoms with Crippen LogP contribution in [-0.2, 0) is 4.79 Å². The molecule has 4 heteroatoms. The molecule has 1 saturated carbocycles. The minimum absolute atomic E-state index is 0.238. The van der Waals surface area contributed by atoms with Crippen molar-refractivity contribution in [3.05, 3.63) is 0 Å². The van der Waals surface area contributed by atoms with Crippen molar-refractivity contribution in [3.8, 4) is 0 Å². The topological polar surface area (TPSA) is 41.1 Å². The van der Waals surface area contributed by atoms with Crippen LogP contribution >= 0.6 is 11.8 Å². The fraction of sp³-hybridized carbons (Fsp3) is 0.923. The molecule has 3 fully saturated rings. The van der Waals surface area contributed by atoms with E-state index >= 15 is 0 Å². The first-order valence-electron chi connectivity index (χ1n) is 6.94. The third-order valence-electron chi connectivity index (χ3n) is 4.51. The van der Waals surface area contributed by atoms with Crippen molar-refractivity contribution in [2.45, 2.75) is 61.8 Å². The summed E-state index contributed by atoms with van der Waals surface area (Å²) < 4.78 is 0. The Labute approximate surface area is 107 Å². The first-order valence-corrected chi connectivity index (χ1v) is 7.99. The maximum Gasteiger partial charge on any atom is 0.233 e. The van der Waals surface area contributed by atoms with Crippen LogP contribution in [0.1, 0.15) is 44.9 Å². The highest BCUT2D eigenvalue weighted by Crippen LogP contribution is 2.38. The van der Waals surface area contributed by atoms with Gasteiger partial charge >= 0.3 is 0 Å². The van der Waals surface area contributed by atoms with Crippen LogP contribution in [0, 0.1) is 0 Å². The molecule has 1 amide bonds. The summed E-state index contributed by atoms with van der Waals surface area (Å²) in [5.41, 5.74) is 0.388. The summed E-state index contributed by atoms with van der Waals surface area (Å²) in [6, 6.07) is 0.422. The van der Waals surface area contributed by atoms with Gasteiger partial charge in [-0.2, -0.15) is 0 Å². The van der Waals surface area contributed by atoms with Gasteiger partial charge in [0.15, 0.2) is 0 Å². The number of carbonyl (C=O) groups is 1. The van der Waals surface area contributed by atoms with E-state index in [2.05, 4.69) is 10.6 Å². The number of hydrogen-bond acceptors (Lipinski definition) is 3. The molecule has 2 aliphatic heterocycles. The summed E-state index contributed by atoms with van der Waals surface area (Å²) in [7, 11) is 0. The molecule has 3 nitrogen and oxygen atoms in total. The van der Waals surface area contributed by atoms with Crippen LogP contribution in [0.2, 0.25) is 0 Å². The molecule has 0 radical (unpaired) electrons. The highest BCUT2D eigenvalue weighted by atomic mass is 32.2. The lowest BCUT2D eigenvalue weighted by Gasteiger charge is -2.48. The lowest BCUT2D eigenvalue weighted by Crippen LogP contribution is -2.60. The Morgan fingerprint density at radius 3 is 2.82 bits per heavy atom. The summed E-state index contributed by atoms with van der Waals surface area (Å²) in [5, 5.41) is 7.17. The van der Waals surface area contributed by atoms with E-state index in [1.807, 2.05) is 11.8 Å². The molecule has 2 saturated heterocycles. The molecule has 0 aromatic heterocycles. The van der Waals surface area contributed by atoms with Gasteiger partial charge in [0.2, 0.25) is 5.91 Å². The number of amides is 1. The molecular weight excluding hydrogens is 232 g/mol. The summed E-state index contributed by atoms with van der Waals surface area (Å²) in [6.07, 6.45) is 8.49. The number of thioether (sulfide) groups is 1. The van der Waals surface area contributed by atoms with E-state index in [-0.39, 0.29) is 5.25 Å². The third-order valence-corrected chi connectivity index (χ3v) is 5.89. The Hall–Kier alpha value is -0.220. The van der Waals surface area contributed by atoms with E-state index in [1.165, 1.54) is 25.7 Å². The fourth-order valence-corrected chi connectivity index (χ4v) is 4.51. The van der Waals surface area contributed by atoms with E-state index < -0.39 is 0 Å². The van der Waals surface area contributed by atoms with Crippen LogP contribution in [-0.4, -0.2) is 35.0 Å². The fourth-order valence-electron chi connectivity index (χ4n) is 3.34. The molecule has 1 aliphatic carbocycles. The first kappa shape index (κ1) is 11.8. The van der Waals surface area contributed by atoms with Crippen molar-refractivity contribution in [3.63, 3.8) is 0 Å². The molecule has 0 bridgehead atoms. The average Bonchev–Trinajstić information content (AvgIpc) is 2.81. The molecule has 0 aromatic rings. The zero-order chi connectivity index (χ0) is 11.7. The van der Waals surface area contributed by atoms with Crippen LogP contribution in [0.5, 0.6) is 0 Å². The van der Waals surface area contributed by atoms with Gasteiger partial charge in [0.25, 0.3) is 0 Å². The van der Waals surface area contributed by atoms with Gasteiger partial charge in [0.1, 0.15) is 0 Å². The van der Waals surface area contributed by atoms with E-state index in [1.54, 1.807) is 0 Å². The van der Waals surface area contributed by atoms with Gasteiger partial charge in [0.05, 0.1) is 5.25 Å². The SMILES string of the molecule is O=C(NC1CCNC2(CCC2)C1)C1CCCS1. The quantitative estimate of drug-likeness (QED) is 0.787. The average molecular weight is 254 g/mol. The summed E-state index contributed by atoms with van der Waals surface area (Å²) in [5.74, 6) is 1.46. The largest absolute Gasteiger partial charge is 0.352 e. The van der Waals surface area contributed by atoms with Crippen LogP contribution in [0.15, 0.2) is 0 Å². The van der Waals surface area contributed by atoms with Crippen molar-refractivity contribution in [1.29, 1.82) is 0 Å². The van der Waals surface area contributed by atoms with E-state index in [0.717, 1.165) is 31.6 Å². The molecule has 2 unspecified atom stereocenters. The molecule has 1 spiro atoms. The first-order chi connectivity index (χ1) is 8.27. The number of rotatable bonds is 2. The zero-order valence-corrected chi connectivity index (χ0v) is 11.2. The van der Waals surface area contributed by atoms with Crippen molar-refractivity contribution in [2.24, 2.45) is 0 Å². The number of carbonyl (C=O) groups excluding carboxylic acids is 1. The van der Waals surface area contributed by atoms with E-state index in [4.69, 9.17) is 0 Å². The Morgan fingerprint density at radius 2 is 2.18 bits per heavy atom. The molecule has 3 rings (SSSR count). The number of hydrogen-bond donors (Lipinski definition) is 2. The molecule has 2 atom stereocenters. The van der Waals surface area contributed by atoms with Crippen LogP contribution in [0.4, 0.5) is 0 Å². The molecular formula is C13H22N2OS. The number of nitrogens with one attached hydrogen (secondary N) is 2. The molecule has 2 N–H and O–H groups in total. The lowest BCUT2D eigenvalue weighted by atomic mass is 9.70. The molecule has 3 aliphatic rings. The van der Waals surface area contributed by atoms with Crippen LogP contribution in [0.3, 0.4) is 0 Å². The smallest absolute Gasteiger partial charge is 0.233 e. The maximum absolute atomic E-state index is 12.1. The highest BCUT2D eigenvalue weighted by molar-refractivity contribution is 8.00. The Morgan fingerprint density at radius 1 is 1.29 bits per heavy atom. The van der Waals surface area contributed by atoms with Crippen molar-refractivity contribution in [1.82, 2.24) is 10.6 Å². The predicted octanol–water partition coefficient (Wildman–Crippen LogP) is 1.67. The van der Waals surface area contributed by atoms with Gasteiger partial charge in [-0.1, -0.05) is 0 Å². The Kier molecular flexibility index (Phi) is 3.35. The van der Waals surface area contributed by atoms with E-state index in [0.29, 0.717) is 17.5 Å². The molecule has 2 heterocycles. The van der Waals surface area contributed by atoms with Crippen molar-refractivity contribution >= 4 is 17.7 Å². The third kappa shape index (κ3) is 2.48. The van der Waals surface area contributed by atoms with Gasteiger partial charge < -0.3 is 10.6 Å². The van der Waals surface area contributed by atoms with Gasteiger partial charge in [0, 0.05) is 11.6 Å². The minimum atomic E-state index is 0.238. The summed E-state index contributed by atoms with van der Waals surface area (Å²) in [6.45, 7) is 1.07. The standard InChI is InChI=1S/C13H22N2OS/c16-12(11-3-1-8-17-11)15-10-4-7-14-13(9-10)5-2-6-13/h10-11,14H,1-9H2,(H,15,16). The zero-order valence-electron chi connectivity index (χ0n) is 10.3. The second-order valence-electron chi connectivity index (χ2n) is 5.76. The van der Waals surface area contributed by atoms with E-state index in [9.17, 15) is 4.79 Å². The van der Waals surface area contributed by atoms with Gasteiger partial charge in [-0.3, -0.25) is 4.79 Å². The minimum Gasteiger partial charge on any atom is -0.352 e. The Balaban J connectivity index is 1.52. The second kappa shape index (κ2) is 4.81. The predicted molar refractivity (Wildman–Crippen MR) is 71.2 cm³/mol. The van der Waals surface area contributed by atoms with Gasteiger partial charge in [-0.25, -0.2) is 0 Å². The van der Waals surface area contributed by atoms with Crippen molar-refractivity contribution < 1.29 is 4.79 Å². The monoisotopic (exact) mass is 254 g/mol. The Bertz CT molecular complexity index is 298. The summed E-state index contributed by atoms with van der Waals surface area (Å²) >= 11 is 1.83. The normalized spacial score (nSPS) is 35.5. The van der Waals surface area contributed by atoms with Gasteiger partial charge in [-0.15, -0.1) is 11.8 Å². The lowest BCUT2D eigenvalue weighted by molar-refractivity contribution is -0.121. The second-order valence-corrected chi connectivity index (χ2v) is 7.07. The van der Waals surface area contributed by atoms with Gasteiger partial charge in [-0.05, 0) is 57.2 Å². The number of piperidine rings is 1. The molecule has 0 aromatic carbocycles. The molecule has 17 heavy (non-hydrogen) atoms. The van der Waals surface area contributed by atoms with Crippen LogP contribution < -0.4 is 10.6 Å². The molecule has 96 valence electrons. The van der Waals surface area contributed by atoms with Crippen molar-refractivity contribution in [2.75, 3.05) is 12.3 Å². The summed E-state index contributed by atoms with van der Waals surface area (Å²) in [4.78, 5) is 12.1.